The van der Waals surface area contributed by atoms with Crippen molar-refractivity contribution in [2.45, 2.75) is 13.8 Å². The highest BCUT2D eigenvalue weighted by Gasteiger charge is 2.23. The van der Waals surface area contributed by atoms with Crippen molar-refractivity contribution in [2.24, 2.45) is 0 Å². The third-order valence-corrected chi connectivity index (χ3v) is 5.28. The highest BCUT2D eigenvalue weighted by atomic mass is 16.2. The number of aryl methyl sites for hydroxylation is 2. The Balaban J connectivity index is 1.44. The van der Waals surface area contributed by atoms with Crippen LogP contribution in [0.3, 0.4) is 0 Å². The van der Waals surface area contributed by atoms with E-state index in [-0.39, 0.29) is 5.91 Å². The number of carbonyl (C=O) groups is 1. The summed E-state index contributed by atoms with van der Waals surface area (Å²) in [5, 5.41) is 3.27. The first kappa shape index (κ1) is 18.9. The summed E-state index contributed by atoms with van der Waals surface area (Å²) in [6.07, 6.45) is 1.64. The van der Waals surface area contributed by atoms with E-state index in [9.17, 15) is 4.79 Å². The van der Waals surface area contributed by atoms with Crippen molar-refractivity contribution < 1.29 is 4.79 Å². The van der Waals surface area contributed by atoms with E-state index < -0.39 is 0 Å². The minimum atomic E-state index is -0.0512. The lowest BCUT2D eigenvalue weighted by Crippen LogP contribution is -2.49. The van der Waals surface area contributed by atoms with Crippen LogP contribution in [-0.2, 0) is 0 Å². The summed E-state index contributed by atoms with van der Waals surface area (Å²) in [7, 11) is 0. The van der Waals surface area contributed by atoms with Gasteiger partial charge in [-0.2, -0.15) is 0 Å². The molecule has 0 saturated carbocycles. The summed E-state index contributed by atoms with van der Waals surface area (Å²) in [5.41, 5.74) is 4.82. The molecule has 1 aliphatic heterocycles. The SMILES string of the molecule is Cc1cccc(C)c1Nc1nccc(C(=O)N2CCN(c3ccccc3)CC2)n1. The lowest BCUT2D eigenvalue weighted by molar-refractivity contribution is 0.0741. The molecule has 0 unspecified atom stereocenters. The van der Waals surface area contributed by atoms with Gasteiger partial charge in [-0.05, 0) is 43.2 Å². The van der Waals surface area contributed by atoms with Crippen LogP contribution in [0.2, 0.25) is 0 Å². The summed E-state index contributed by atoms with van der Waals surface area (Å²) < 4.78 is 0. The second-order valence-corrected chi connectivity index (χ2v) is 7.27. The number of aromatic nitrogens is 2. The van der Waals surface area contributed by atoms with E-state index in [1.165, 1.54) is 5.69 Å². The Morgan fingerprint density at radius 1 is 0.897 bits per heavy atom. The van der Waals surface area contributed by atoms with Crippen molar-refractivity contribution in [1.82, 2.24) is 14.9 Å². The first-order chi connectivity index (χ1) is 14.1. The standard InChI is InChI=1S/C23H25N5O/c1-17-7-6-8-18(2)21(17)26-23-24-12-11-20(25-23)22(29)28-15-13-27(14-16-28)19-9-4-3-5-10-19/h3-12H,13-16H2,1-2H3,(H,24,25,26). The highest BCUT2D eigenvalue weighted by Crippen LogP contribution is 2.23. The molecule has 0 radical (unpaired) electrons. The number of piperazine rings is 1. The summed E-state index contributed by atoms with van der Waals surface area (Å²) in [5.74, 6) is 0.390. The molecule has 0 bridgehead atoms. The second-order valence-electron chi connectivity index (χ2n) is 7.27. The van der Waals surface area contributed by atoms with Crippen LogP contribution in [-0.4, -0.2) is 47.0 Å². The van der Waals surface area contributed by atoms with E-state index >= 15 is 0 Å². The maximum Gasteiger partial charge on any atom is 0.272 e. The van der Waals surface area contributed by atoms with Gasteiger partial charge in [0.25, 0.3) is 5.91 Å². The van der Waals surface area contributed by atoms with Gasteiger partial charge in [0.1, 0.15) is 5.69 Å². The Kier molecular flexibility index (Phi) is 5.42. The first-order valence-corrected chi connectivity index (χ1v) is 9.87. The number of anilines is 3. The number of hydrogen-bond acceptors (Lipinski definition) is 5. The Labute approximate surface area is 171 Å². The Hall–Kier alpha value is -3.41. The predicted molar refractivity (Wildman–Crippen MR) is 116 cm³/mol. The molecule has 1 aromatic heterocycles. The van der Waals surface area contributed by atoms with Crippen molar-refractivity contribution in [2.75, 3.05) is 36.4 Å². The smallest absolute Gasteiger partial charge is 0.272 e. The average molecular weight is 387 g/mol. The first-order valence-electron chi connectivity index (χ1n) is 9.87. The van der Waals surface area contributed by atoms with Gasteiger partial charge in [0.2, 0.25) is 5.95 Å². The van der Waals surface area contributed by atoms with Gasteiger partial charge in [0.15, 0.2) is 0 Å². The Morgan fingerprint density at radius 2 is 1.59 bits per heavy atom. The number of carbonyl (C=O) groups excluding carboxylic acids is 1. The summed E-state index contributed by atoms with van der Waals surface area (Å²) in [6, 6.07) is 18.1. The van der Waals surface area contributed by atoms with E-state index in [1.807, 2.05) is 55.1 Å². The summed E-state index contributed by atoms with van der Waals surface area (Å²) >= 11 is 0. The van der Waals surface area contributed by atoms with Gasteiger partial charge in [-0.3, -0.25) is 4.79 Å². The molecule has 2 aromatic carbocycles. The average Bonchev–Trinajstić information content (AvgIpc) is 2.77. The van der Waals surface area contributed by atoms with Crippen molar-refractivity contribution >= 4 is 23.2 Å². The molecule has 2 heterocycles. The zero-order valence-electron chi connectivity index (χ0n) is 16.8. The number of rotatable bonds is 4. The van der Waals surface area contributed by atoms with Crippen molar-refractivity contribution in [3.05, 3.63) is 77.6 Å². The maximum absolute atomic E-state index is 13.0. The molecule has 0 aliphatic carbocycles. The van der Waals surface area contributed by atoms with Gasteiger partial charge in [-0.1, -0.05) is 36.4 Å². The fraction of sp³-hybridized carbons (Fsp3) is 0.261. The molecule has 3 aromatic rings. The van der Waals surface area contributed by atoms with Crippen LogP contribution in [0, 0.1) is 13.8 Å². The van der Waals surface area contributed by atoms with Crippen molar-refractivity contribution in [3.63, 3.8) is 0 Å². The van der Waals surface area contributed by atoms with Gasteiger partial charge in [-0.25, -0.2) is 9.97 Å². The van der Waals surface area contributed by atoms with E-state index in [0.29, 0.717) is 24.7 Å². The van der Waals surface area contributed by atoms with Gasteiger partial charge in [-0.15, -0.1) is 0 Å². The summed E-state index contributed by atoms with van der Waals surface area (Å²) in [6.45, 7) is 7.06. The van der Waals surface area contributed by atoms with Crippen molar-refractivity contribution in [1.29, 1.82) is 0 Å². The maximum atomic E-state index is 13.0. The lowest BCUT2D eigenvalue weighted by Gasteiger charge is -2.36. The minimum absolute atomic E-state index is 0.0512. The zero-order chi connectivity index (χ0) is 20.2. The molecule has 4 rings (SSSR count). The third-order valence-electron chi connectivity index (χ3n) is 5.28. The molecule has 1 fully saturated rings. The fourth-order valence-electron chi connectivity index (χ4n) is 3.63. The molecule has 29 heavy (non-hydrogen) atoms. The van der Waals surface area contributed by atoms with Gasteiger partial charge < -0.3 is 15.1 Å². The van der Waals surface area contributed by atoms with Crippen LogP contribution in [0.15, 0.2) is 60.8 Å². The molecule has 1 amide bonds. The van der Waals surface area contributed by atoms with Crippen LogP contribution >= 0.6 is 0 Å². The Morgan fingerprint density at radius 3 is 2.28 bits per heavy atom. The van der Waals surface area contributed by atoms with E-state index in [4.69, 9.17) is 0 Å². The molecule has 1 saturated heterocycles. The number of para-hydroxylation sites is 2. The Bertz CT molecular complexity index is 977. The number of benzene rings is 2. The van der Waals surface area contributed by atoms with Crippen LogP contribution < -0.4 is 10.2 Å². The van der Waals surface area contributed by atoms with Gasteiger partial charge in [0.05, 0.1) is 0 Å². The molecule has 1 N–H and O–H groups in total. The predicted octanol–water partition coefficient (Wildman–Crippen LogP) is 3.80. The van der Waals surface area contributed by atoms with E-state index in [0.717, 1.165) is 29.9 Å². The van der Waals surface area contributed by atoms with E-state index in [1.54, 1.807) is 12.3 Å². The number of nitrogens with zero attached hydrogens (tertiary/aromatic N) is 4. The molecule has 6 heteroatoms. The van der Waals surface area contributed by atoms with E-state index in [2.05, 4.69) is 32.3 Å². The zero-order valence-corrected chi connectivity index (χ0v) is 16.8. The third kappa shape index (κ3) is 4.21. The van der Waals surface area contributed by atoms with Crippen molar-refractivity contribution in [3.8, 4) is 0 Å². The normalized spacial score (nSPS) is 14.0. The fourth-order valence-corrected chi connectivity index (χ4v) is 3.63. The lowest BCUT2D eigenvalue weighted by atomic mass is 10.1. The summed E-state index contributed by atoms with van der Waals surface area (Å²) in [4.78, 5) is 25.9. The second kappa shape index (κ2) is 8.31. The molecule has 0 spiro atoms. The van der Waals surface area contributed by atoms with Gasteiger partial charge in [0, 0.05) is 43.8 Å². The minimum Gasteiger partial charge on any atom is -0.368 e. The largest absolute Gasteiger partial charge is 0.368 e. The van der Waals surface area contributed by atoms with Crippen LogP contribution in [0.1, 0.15) is 21.6 Å². The monoisotopic (exact) mass is 387 g/mol. The number of hydrogen-bond donors (Lipinski definition) is 1. The van der Waals surface area contributed by atoms with Gasteiger partial charge >= 0.3 is 0 Å². The number of nitrogens with one attached hydrogen (secondary N) is 1. The van der Waals surface area contributed by atoms with Crippen LogP contribution in [0.25, 0.3) is 0 Å². The molecular formula is C23H25N5O. The molecule has 6 nitrogen and oxygen atoms in total. The number of amides is 1. The van der Waals surface area contributed by atoms with Crippen LogP contribution in [0.5, 0.6) is 0 Å². The molecule has 1 aliphatic rings. The highest BCUT2D eigenvalue weighted by molar-refractivity contribution is 5.92. The van der Waals surface area contributed by atoms with Crippen LogP contribution in [0.4, 0.5) is 17.3 Å². The molecule has 0 atom stereocenters. The molecule has 148 valence electrons. The quantitative estimate of drug-likeness (QED) is 0.738. The molecular weight excluding hydrogens is 362 g/mol. The topological polar surface area (TPSA) is 61.4 Å².